The summed E-state index contributed by atoms with van der Waals surface area (Å²) < 4.78 is 0. The van der Waals surface area contributed by atoms with E-state index in [1.165, 1.54) is 32.6 Å². The van der Waals surface area contributed by atoms with E-state index in [0.29, 0.717) is 6.04 Å². The van der Waals surface area contributed by atoms with Gasteiger partial charge in [-0.2, -0.15) is 0 Å². The molecule has 0 aromatic carbocycles. The van der Waals surface area contributed by atoms with Crippen LogP contribution in [0, 0.1) is 11.8 Å². The maximum absolute atomic E-state index is 3.42. The number of hydrogen-bond acceptors (Lipinski definition) is 4. The van der Waals surface area contributed by atoms with E-state index in [2.05, 4.69) is 34.8 Å². The van der Waals surface area contributed by atoms with Crippen molar-refractivity contribution in [1.29, 1.82) is 0 Å². The van der Waals surface area contributed by atoms with Crippen molar-refractivity contribution in [3.05, 3.63) is 0 Å². The van der Waals surface area contributed by atoms with Crippen LogP contribution >= 0.6 is 0 Å². The Morgan fingerprint density at radius 1 is 1.05 bits per heavy atom. The van der Waals surface area contributed by atoms with Gasteiger partial charge in [0, 0.05) is 19.1 Å². The van der Waals surface area contributed by atoms with Crippen LogP contribution < -0.4 is 16.0 Å². The van der Waals surface area contributed by atoms with Crippen LogP contribution in [-0.4, -0.2) is 64.8 Å². The van der Waals surface area contributed by atoms with E-state index in [1.807, 2.05) is 41.8 Å². The van der Waals surface area contributed by atoms with E-state index in [0.717, 1.165) is 18.4 Å². The Balaban J connectivity index is 0. The molecule has 0 radical (unpaired) electrons. The van der Waals surface area contributed by atoms with Crippen LogP contribution in [0.4, 0.5) is 0 Å². The lowest BCUT2D eigenvalue weighted by molar-refractivity contribution is 0.382. The zero-order chi connectivity index (χ0) is 16.7. The lowest BCUT2D eigenvalue weighted by Crippen LogP contribution is -2.25. The zero-order valence-electron chi connectivity index (χ0n) is 15.9. The molecule has 0 aliphatic carbocycles. The Hall–Kier alpha value is -0.160. The van der Waals surface area contributed by atoms with Crippen LogP contribution in [-0.2, 0) is 0 Å². The Morgan fingerprint density at radius 2 is 1.52 bits per heavy atom. The van der Waals surface area contributed by atoms with Crippen LogP contribution in [0.25, 0.3) is 0 Å². The second kappa shape index (κ2) is 16.2. The molecular weight excluding hydrogens is 260 g/mol. The third-order valence-electron chi connectivity index (χ3n) is 3.89. The maximum Gasteiger partial charge on any atom is 0.00478 e. The highest BCUT2D eigenvalue weighted by Crippen LogP contribution is 2.24. The molecule has 3 atom stereocenters. The predicted octanol–water partition coefficient (Wildman–Crippen LogP) is 2.02. The smallest absolute Gasteiger partial charge is 0.00478 e. The second-order valence-electron chi connectivity index (χ2n) is 5.48. The minimum Gasteiger partial charge on any atom is -0.320 e. The Labute approximate surface area is 134 Å². The molecule has 3 unspecified atom stereocenters. The molecular formula is C17H42N4. The van der Waals surface area contributed by atoms with E-state index in [-0.39, 0.29) is 0 Å². The Bertz CT molecular complexity index is 187. The van der Waals surface area contributed by atoms with E-state index >= 15 is 0 Å². The molecule has 130 valence electrons. The van der Waals surface area contributed by atoms with Crippen LogP contribution in [0.5, 0.6) is 0 Å². The largest absolute Gasteiger partial charge is 0.320 e. The van der Waals surface area contributed by atoms with Gasteiger partial charge in [-0.05, 0) is 66.0 Å². The molecule has 0 bridgehead atoms. The lowest BCUT2D eigenvalue weighted by Gasteiger charge is -2.07. The van der Waals surface area contributed by atoms with Gasteiger partial charge in [-0.25, -0.2) is 0 Å². The van der Waals surface area contributed by atoms with Gasteiger partial charge in [0.15, 0.2) is 0 Å². The van der Waals surface area contributed by atoms with Crippen molar-refractivity contribution >= 4 is 0 Å². The topological polar surface area (TPSA) is 39.3 Å². The second-order valence-corrected chi connectivity index (χ2v) is 5.48. The highest BCUT2D eigenvalue weighted by atomic mass is 15.2. The third-order valence-corrected chi connectivity index (χ3v) is 3.89. The Morgan fingerprint density at radius 3 is 1.90 bits per heavy atom. The molecule has 2 fully saturated rings. The molecule has 0 spiro atoms. The minimum atomic E-state index is 0.641. The SMILES string of the molecule is CC.CC.CN1CC2CNCC2C1.CNCCC(C)NC. The molecule has 2 heterocycles. The van der Waals surface area contributed by atoms with Crippen LogP contribution in [0.2, 0.25) is 0 Å². The number of nitrogens with one attached hydrogen (secondary N) is 3. The van der Waals surface area contributed by atoms with E-state index in [1.54, 1.807) is 0 Å². The number of rotatable bonds is 4. The average Bonchev–Trinajstić information content (AvgIpc) is 3.10. The van der Waals surface area contributed by atoms with Crippen LogP contribution in [0.3, 0.4) is 0 Å². The maximum atomic E-state index is 3.42. The van der Waals surface area contributed by atoms with Crippen molar-refractivity contribution in [2.75, 3.05) is 53.9 Å². The summed E-state index contributed by atoms with van der Waals surface area (Å²) in [6.45, 7) is 16.4. The van der Waals surface area contributed by atoms with Gasteiger partial charge in [-0.3, -0.25) is 0 Å². The van der Waals surface area contributed by atoms with Gasteiger partial charge >= 0.3 is 0 Å². The molecule has 2 saturated heterocycles. The fraction of sp³-hybridized carbons (Fsp3) is 1.00. The summed E-state index contributed by atoms with van der Waals surface area (Å²) in [5.41, 5.74) is 0. The van der Waals surface area contributed by atoms with Crippen molar-refractivity contribution in [3.63, 3.8) is 0 Å². The first kappa shape index (κ1) is 23.1. The zero-order valence-corrected chi connectivity index (χ0v) is 15.9. The summed E-state index contributed by atoms with van der Waals surface area (Å²) in [7, 11) is 6.18. The van der Waals surface area contributed by atoms with Crippen LogP contribution in [0.15, 0.2) is 0 Å². The van der Waals surface area contributed by atoms with Crippen molar-refractivity contribution in [2.24, 2.45) is 11.8 Å². The first-order valence-corrected chi connectivity index (χ1v) is 8.88. The molecule has 0 amide bonds. The highest BCUT2D eigenvalue weighted by molar-refractivity contribution is 4.89. The molecule has 21 heavy (non-hydrogen) atoms. The van der Waals surface area contributed by atoms with Crippen molar-refractivity contribution in [3.8, 4) is 0 Å². The first-order chi connectivity index (χ1) is 10.2. The first-order valence-electron chi connectivity index (χ1n) is 8.88. The fourth-order valence-corrected chi connectivity index (χ4v) is 2.60. The molecule has 4 nitrogen and oxygen atoms in total. The molecule has 2 rings (SSSR count). The number of nitrogens with zero attached hydrogens (tertiary/aromatic N) is 1. The summed E-state index contributed by atoms with van der Waals surface area (Å²) in [4.78, 5) is 2.44. The molecule has 2 aliphatic heterocycles. The van der Waals surface area contributed by atoms with Gasteiger partial charge in [0.25, 0.3) is 0 Å². The summed E-state index contributed by atoms with van der Waals surface area (Å²) >= 11 is 0. The quantitative estimate of drug-likeness (QED) is 0.743. The van der Waals surface area contributed by atoms with Gasteiger partial charge in [0.2, 0.25) is 0 Å². The van der Waals surface area contributed by atoms with Gasteiger partial charge < -0.3 is 20.9 Å². The fourth-order valence-electron chi connectivity index (χ4n) is 2.60. The standard InChI is InChI=1S/C7H14N2.C6H16N2.2C2H6/c1-9-4-6-2-8-3-7(6)5-9;1-6(8-3)4-5-7-2;2*1-2/h6-8H,2-5H2,1H3;6-8H,4-5H2,1-3H3;2*1-2H3. The lowest BCUT2D eigenvalue weighted by atomic mass is 10.0. The minimum absolute atomic E-state index is 0.641. The third kappa shape index (κ3) is 11.1. The van der Waals surface area contributed by atoms with Gasteiger partial charge in [-0.1, -0.05) is 27.7 Å². The predicted molar refractivity (Wildman–Crippen MR) is 97.1 cm³/mol. The highest BCUT2D eigenvalue weighted by Gasteiger charge is 2.33. The summed E-state index contributed by atoms with van der Waals surface area (Å²) in [5.74, 6) is 1.94. The van der Waals surface area contributed by atoms with E-state index < -0.39 is 0 Å². The summed E-state index contributed by atoms with van der Waals surface area (Å²) in [6, 6.07) is 0.641. The number of hydrogen-bond donors (Lipinski definition) is 3. The van der Waals surface area contributed by atoms with Crippen molar-refractivity contribution in [2.45, 2.75) is 47.1 Å². The number of likely N-dealkylation sites (tertiary alicyclic amines) is 1. The molecule has 2 aliphatic rings. The van der Waals surface area contributed by atoms with Crippen molar-refractivity contribution in [1.82, 2.24) is 20.9 Å². The molecule has 0 aromatic rings. The monoisotopic (exact) mass is 302 g/mol. The summed E-state index contributed by atoms with van der Waals surface area (Å²) in [6.07, 6.45) is 1.20. The molecule has 0 aromatic heterocycles. The van der Waals surface area contributed by atoms with E-state index in [4.69, 9.17) is 0 Å². The Kier molecular flexibility index (Phi) is 17.8. The summed E-state index contributed by atoms with van der Waals surface area (Å²) in [5, 5.41) is 9.67. The van der Waals surface area contributed by atoms with Gasteiger partial charge in [0.05, 0.1) is 0 Å². The number of fused-ring (bicyclic) bond motifs is 1. The average molecular weight is 303 g/mol. The molecule has 0 saturated carbocycles. The normalized spacial score (nSPS) is 24.6. The molecule has 3 N–H and O–H groups in total. The van der Waals surface area contributed by atoms with Gasteiger partial charge in [-0.15, -0.1) is 0 Å². The van der Waals surface area contributed by atoms with Crippen molar-refractivity contribution < 1.29 is 0 Å². The van der Waals surface area contributed by atoms with Crippen LogP contribution in [0.1, 0.15) is 41.0 Å². The molecule has 4 heteroatoms. The van der Waals surface area contributed by atoms with E-state index in [9.17, 15) is 0 Å². The van der Waals surface area contributed by atoms with Gasteiger partial charge in [0.1, 0.15) is 0 Å².